The second-order valence-corrected chi connectivity index (χ2v) is 31.2. The van der Waals surface area contributed by atoms with Gasteiger partial charge in [0, 0.05) is 5.41 Å². The van der Waals surface area contributed by atoms with Crippen LogP contribution in [0.1, 0.15) is 99.8 Å². The van der Waals surface area contributed by atoms with Gasteiger partial charge >= 0.3 is 5.97 Å². The molecule has 0 bridgehead atoms. The summed E-state index contributed by atoms with van der Waals surface area (Å²) in [4.78, 5) is 15.5. The number of carbonyl (C=O) groups is 1. The molecule has 5 aliphatic carbocycles. The van der Waals surface area contributed by atoms with E-state index in [4.69, 9.17) is 56.8 Å². The fraction of sp³-hybridized carbons (Fsp3) is 0.953. The van der Waals surface area contributed by atoms with E-state index in [9.17, 15) is 102 Å². The number of fused-ring (bicyclic) bond motifs is 7. The highest BCUT2D eigenvalue weighted by molar-refractivity contribution is 5.80. The molecule has 39 atom stereocenters. The van der Waals surface area contributed by atoms with Crippen molar-refractivity contribution in [1.29, 1.82) is 0 Å². The number of rotatable bonds is 16. The molecule has 558 valence electrons. The molecule has 11 rings (SSSR count). The average Bonchev–Trinajstić information content (AvgIpc) is 0.670. The largest absolute Gasteiger partial charge is 0.432 e. The van der Waals surface area contributed by atoms with Crippen LogP contribution in [0.4, 0.5) is 0 Å². The van der Waals surface area contributed by atoms with Gasteiger partial charge in [-0.1, -0.05) is 53.2 Å². The Labute approximate surface area is 559 Å². The van der Waals surface area contributed by atoms with Gasteiger partial charge in [0.1, 0.15) is 127 Å². The molecule has 0 aromatic carbocycles. The van der Waals surface area contributed by atoms with Crippen molar-refractivity contribution in [3.05, 3.63) is 11.6 Å². The summed E-state index contributed by atoms with van der Waals surface area (Å²) in [5, 5.41) is 220. The Morgan fingerprint density at radius 2 is 1.02 bits per heavy atom. The minimum Gasteiger partial charge on any atom is -0.432 e. The van der Waals surface area contributed by atoms with Crippen LogP contribution in [0.25, 0.3) is 0 Å². The number of ether oxygens (including phenoxy) is 12. The Morgan fingerprint density at radius 3 is 1.62 bits per heavy atom. The summed E-state index contributed by atoms with van der Waals surface area (Å²) in [7, 11) is 0. The Balaban J connectivity index is 0.779. The van der Waals surface area contributed by atoms with Crippen molar-refractivity contribution in [3.63, 3.8) is 0 Å². The lowest BCUT2D eigenvalue weighted by Crippen LogP contribution is -2.70. The minimum atomic E-state index is -1.96. The number of hydrogen-bond donors (Lipinski definition) is 20. The summed E-state index contributed by atoms with van der Waals surface area (Å²) in [6.07, 6.45) is -46.9. The van der Waals surface area contributed by atoms with Gasteiger partial charge in [0.05, 0.1) is 64.1 Å². The van der Waals surface area contributed by atoms with Crippen molar-refractivity contribution in [1.82, 2.24) is 0 Å². The lowest BCUT2D eigenvalue weighted by Gasteiger charge is -2.72. The lowest BCUT2D eigenvalue weighted by atomic mass is 9.33. The molecule has 4 saturated carbocycles. The van der Waals surface area contributed by atoms with Gasteiger partial charge in [-0.2, -0.15) is 0 Å². The van der Waals surface area contributed by atoms with Crippen LogP contribution in [0, 0.1) is 50.2 Å². The van der Waals surface area contributed by atoms with Gasteiger partial charge in [-0.3, -0.25) is 4.79 Å². The molecule has 10 fully saturated rings. The summed E-state index contributed by atoms with van der Waals surface area (Å²) in [5.74, 6) is -2.13. The number of hydrogen-bond acceptors (Lipinski definition) is 33. The van der Waals surface area contributed by atoms with Gasteiger partial charge in [-0.25, -0.2) is 0 Å². The van der Waals surface area contributed by atoms with E-state index in [0.29, 0.717) is 32.1 Å². The second kappa shape index (κ2) is 28.4. The Morgan fingerprint density at radius 1 is 0.505 bits per heavy atom. The number of aliphatic hydroxyl groups excluding tert-OH is 20. The third kappa shape index (κ3) is 13.0. The van der Waals surface area contributed by atoms with E-state index in [1.165, 1.54) is 6.92 Å². The van der Waals surface area contributed by atoms with E-state index in [2.05, 4.69) is 40.7 Å². The van der Waals surface area contributed by atoms with E-state index >= 15 is 4.79 Å². The zero-order valence-corrected chi connectivity index (χ0v) is 55.4. The van der Waals surface area contributed by atoms with Crippen LogP contribution in [0.2, 0.25) is 0 Å². The maximum Gasteiger partial charge on any atom is 0.317 e. The zero-order chi connectivity index (χ0) is 70.9. The Kier molecular flexibility index (Phi) is 22.3. The van der Waals surface area contributed by atoms with Crippen LogP contribution in [0.3, 0.4) is 0 Å². The summed E-state index contributed by atoms with van der Waals surface area (Å²) < 4.78 is 70.2. The van der Waals surface area contributed by atoms with Crippen molar-refractivity contribution in [2.45, 2.75) is 290 Å². The standard InChI is InChI=1S/C64H104O33/c1-23-49(94-54-44(80)35(71)27(68)18-86-54)43(79)48(84)55(90-23)95-50-36(72)28(69)19-87-57(50)97-58(85)64-13-12-59(2,3)14-25(64)24-8-9-33-60(4)15-26(67)51(61(5,22-66)32(60)10-11-62(33,6)63(24,7)16-34(64)70)96-56-47(83)42(78)39(75)31(93-56)21-89-53-46(82)41(77)38(74)30(92-53)20-88-52-45(81)40(76)37(73)29(17-65)91-52/h8,23,25-57,65-84H,9-22H2,1-7H3/t23-,25-,26-,27+,28-,29+,30+,31+,32+,33+,34+,35-,36-,37+,38+,39+,40-,41-,42-,43-,44+,45+,46+,47+,48+,49-,50+,51-,52+,53+,54-,55-,56-,57-,60-,61-,62+,63+,64+/m0/s1. The molecule has 33 nitrogen and oxygen atoms in total. The average molecular weight is 1400 g/mol. The van der Waals surface area contributed by atoms with Crippen LogP contribution in [0.15, 0.2) is 11.6 Å². The molecule has 0 radical (unpaired) electrons. The van der Waals surface area contributed by atoms with Crippen LogP contribution < -0.4 is 0 Å². The lowest BCUT2D eigenvalue weighted by molar-refractivity contribution is -0.369. The van der Waals surface area contributed by atoms with Gasteiger partial charge < -0.3 is 159 Å². The van der Waals surface area contributed by atoms with E-state index in [1.54, 1.807) is 6.92 Å². The molecule has 0 aromatic heterocycles. The highest BCUT2D eigenvalue weighted by Crippen LogP contribution is 2.76. The third-order valence-corrected chi connectivity index (χ3v) is 24.9. The zero-order valence-electron chi connectivity index (χ0n) is 55.4. The first kappa shape index (κ1) is 76.1. The molecule has 6 aliphatic heterocycles. The summed E-state index contributed by atoms with van der Waals surface area (Å²) in [6, 6.07) is 0. The van der Waals surface area contributed by atoms with Crippen LogP contribution in [-0.2, 0) is 61.6 Å². The highest BCUT2D eigenvalue weighted by atomic mass is 16.8. The van der Waals surface area contributed by atoms with Gasteiger partial charge in [0.2, 0.25) is 6.29 Å². The number of allylic oxidation sites excluding steroid dienone is 2. The van der Waals surface area contributed by atoms with Crippen molar-refractivity contribution < 1.29 is 164 Å². The highest BCUT2D eigenvalue weighted by Gasteiger charge is 2.73. The fourth-order valence-electron chi connectivity index (χ4n) is 18.9. The third-order valence-electron chi connectivity index (χ3n) is 24.9. The van der Waals surface area contributed by atoms with Gasteiger partial charge in [0.25, 0.3) is 0 Å². The van der Waals surface area contributed by atoms with Crippen molar-refractivity contribution in [2.24, 2.45) is 50.2 Å². The van der Waals surface area contributed by atoms with E-state index in [1.807, 2.05) is 0 Å². The minimum absolute atomic E-state index is 0.0748. The first-order chi connectivity index (χ1) is 45.4. The number of carbonyl (C=O) groups excluding carboxylic acids is 1. The maximum atomic E-state index is 15.5. The molecule has 20 N–H and O–H groups in total. The van der Waals surface area contributed by atoms with E-state index < -0.39 is 275 Å². The molecule has 0 unspecified atom stereocenters. The summed E-state index contributed by atoms with van der Waals surface area (Å²) in [6.45, 7) is 10.1. The predicted molar refractivity (Wildman–Crippen MR) is 319 cm³/mol. The quantitative estimate of drug-likeness (QED) is 0.0388. The van der Waals surface area contributed by atoms with Crippen LogP contribution in [-0.4, -0.2) is 338 Å². The molecule has 6 heterocycles. The SMILES string of the molecule is C[C@@H]1O[C@@H](O[C@H]2[C@H](OC(=O)[C@]34CCC(C)(C)C[C@H]3C3=CC[C@@H]5[C@@]6(C)C[C@H](O)[C@H](O[C@@H]7O[C@H](CO[C@@H]8O[C@H](CO[C@@H]9O[C@H](CO)[C@@H](O)[C@H](O)[C@H]9O)[C@@H](O)[C@H](O)[C@H]8O)[C@@H](O)[C@H](O)[C@H]7O)[C@@](C)(CO)[C@@H]6CC[C@@]5(C)[C@]3(C)C[C@H]4O)OC[C@H](O)[C@@H]2O)[C@H](O)[C@H](O)[C@H]1O[C@@H]1OC[C@@H](O)[C@H](O)[C@H]1O. The molecule has 0 aromatic rings. The molecule has 0 spiro atoms. The molecular formula is C64H104O33. The van der Waals surface area contributed by atoms with E-state index in [-0.39, 0.29) is 30.6 Å². The normalized spacial score (nSPS) is 55.5. The Bertz CT molecular complexity index is 2740. The van der Waals surface area contributed by atoms with Crippen molar-refractivity contribution in [2.75, 3.05) is 39.6 Å². The molecule has 97 heavy (non-hydrogen) atoms. The van der Waals surface area contributed by atoms with Crippen molar-refractivity contribution in [3.8, 4) is 0 Å². The number of aliphatic hydroxyl groups is 20. The number of esters is 1. The topological polar surface area (TPSA) is 532 Å². The molecule has 6 saturated heterocycles. The molecule has 11 aliphatic rings. The Hall–Kier alpha value is -2.03. The molecular weight excluding hydrogens is 1300 g/mol. The summed E-state index contributed by atoms with van der Waals surface area (Å²) in [5.41, 5.74) is -4.52. The summed E-state index contributed by atoms with van der Waals surface area (Å²) >= 11 is 0. The second-order valence-electron chi connectivity index (χ2n) is 31.2. The molecule has 0 amide bonds. The van der Waals surface area contributed by atoms with Crippen molar-refractivity contribution >= 4 is 5.97 Å². The van der Waals surface area contributed by atoms with Gasteiger partial charge in [0.15, 0.2) is 37.6 Å². The van der Waals surface area contributed by atoms with Gasteiger partial charge in [-0.15, -0.1) is 0 Å². The van der Waals surface area contributed by atoms with Gasteiger partial charge in [-0.05, 0) is 97.7 Å². The maximum absolute atomic E-state index is 15.5. The fourth-order valence-corrected chi connectivity index (χ4v) is 18.9. The van der Waals surface area contributed by atoms with Crippen LogP contribution in [0.5, 0.6) is 0 Å². The first-order valence-corrected chi connectivity index (χ1v) is 33.9. The monoisotopic (exact) mass is 1400 g/mol. The predicted octanol–water partition coefficient (Wildman–Crippen LogP) is -7.17. The first-order valence-electron chi connectivity index (χ1n) is 33.9. The van der Waals surface area contributed by atoms with Crippen LogP contribution >= 0.6 is 0 Å². The van der Waals surface area contributed by atoms with E-state index in [0.717, 1.165) is 5.57 Å². The molecule has 33 heteroatoms. The smallest absolute Gasteiger partial charge is 0.317 e.